The van der Waals surface area contributed by atoms with E-state index in [1.54, 1.807) is 12.1 Å². The molecule has 0 atom stereocenters. The second kappa shape index (κ2) is 6.60. The molecular formula is C16H17Cl2NO3. The number of furan rings is 1. The van der Waals surface area contributed by atoms with Crippen molar-refractivity contribution in [3.05, 3.63) is 46.1 Å². The zero-order chi connectivity index (χ0) is 15.6. The summed E-state index contributed by atoms with van der Waals surface area (Å²) < 4.78 is 11.0. The van der Waals surface area contributed by atoms with E-state index in [1.165, 1.54) is 0 Å². The molecule has 0 bridgehead atoms. The van der Waals surface area contributed by atoms with Crippen molar-refractivity contribution in [3.63, 3.8) is 0 Å². The Hall–Kier alpha value is -1.04. The highest BCUT2D eigenvalue weighted by Crippen LogP contribution is 2.30. The molecule has 2 heterocycles. The normalized spacial score (nSPS) is 16.5. The highest BCUT2D eigenvalue weighted by Gasteiger charge is 2.37. The van der Waals surface area contributed by atoms with E-state index in [9.17, 15) is 5.11 Å². The van der Waals surface area contributed by atoms with Crippen molar-refractivity contribution in [1.82, 2.24) is 5.32 Å². The van der Waals surface area contributed by atoms with Crippen LogP contribution in [0.1, 0.15) is 5.76 Å². The minimum Gasteiger partial charge on any atom is -0.460 e. The van der Waals surface area contributed by atoms with E-state index >= 15 is 0 Å². The van der Waals surface area contributed by atoms with Gasteiger partial charge in [-0.2, -0.15) is 0 Å². The van der Waals surface area contributed by atoms with Crippen molar-refractivity contribution in [3.8, 4) is 11.3 Å². The van der Waals surface area contributed by atoms with Gasteiger partial charge in [-0.25, -0.2) is 0 Å². The van der Waals surface area contributed by atoms with E-state index in [0.717, 1.165) is 17.1 Å². The number of nitrogens with one attached hydrogen (secondary N) is 1. The Morgan fingerprint density at radius 3 is 2.59 bits per heavy atom. The number of aliphatic hydroxyl groups is 1. The number of rotatable bonds is 6. The Bertz CT molecular complexity index is 647. The van der Waals surface area contributed by atoms with Crippen molar-refractivity contribution in [1.29, 1.82) is 0 Å². The van der Waals surface area contributed by atoms with E-state index in [1.807, 2.05) is 18.2 Å². The molecule has 1 aliphatic rings. The van der Waals surface area contributed by atoms with Gasteiger partial charge in [0.2, 0.25) is 0 Å². The van der Waals surface area contributed by atoms with Crippen LogP contribution in [0, 0.1) is 5.41 Å². The molecule has 22 heavy (non-hydrogen) atoms. The quantitative estimate of drug-likeness (QED) is 0.845. The first-order chi connectivity index (χ1) is 10.6. The Balaban J connectivity index is 1.60. The molecule has 1 aromatic heterocycles. The first-order valence-electron chi connectivity index (χ1n) is 7.05. The second-order valence-corrected chi connectivity index (χ2v) is 6.46. The predicted molar refractivity (Wildman–Crippen MR) is 86.2 cm³/mol. The average molecular weight is 342 g/mol. The summed E-state index contributed by atoms with van der Waals surface area (Å²) in [4.78, 5) is 0. The molecule has 0 saturated carbocycles. The van der Waals surface area contributed by atoms with Gasteiger partial charge in [0.05, 0.1) is 41.8 Å². The molecule has 0 amide bonds. The number of halogens is 2. The van der Waals surface area contributed by atoms with Crippen LogP contribution in [0.3, 0.4) is 0 Å². The van der Waals surface area contributed by atoms with Crippen LogP contribution >= 0.6 is 23.2 Å². The van der Waals surface area contributed by atoms with Crippen molar-refractivity contribution < 1.29 is 14.3 Å². The van der Waals surface area contributed by atoms with Gasteiger partial charge in [0.25, 0.3) is 0 Å². The minimum atomic E-state index is -0.140. The molecule has 3 rings (SSSR count). The summed E-state index contributed by atoms with van der Waals surface area (Å²) in [6, 6.07) is 9.24. The molecule has 0 unspecified atom stereocenters. The lowest BCUT2D eigenvalue weighted by Gasteiger charge is -2.39. The largest absolute Gasteiger partial charge is 0.460 e. The molecular weight excluding hydrogens is 325 g/mol. The zero-order valence-electron chi connectivity index (χ0n) is 11.9. The van der Waals surface area contributed by atoms with Gasteiger partial charge < -0.3 is 19.6 Å². The van der Waals surface area contributed by atoms with Gasteiger partial charge in [-0.1, -0.05) is 23.2 Å². The molecule has 1 aliphatic heterocycles. The van der Waals surface area contributed by atoms with Crippen LogP contribution in [-0.2, 0) is 11.3 Å². The highest BCUT2D eigenvalue weighted by molar-refractivity contribution is 6.42. The van der Waals surface area contributed by atoms with Crippen molar-refractivity contribution in [2.45, 2.75) is 6.54 Å². The van der Waals surface area contributed by atoms with E-state index in [2.05, 4.69) is 5.32 Å². The van der Waals surface area contributed by atoms with E-state index in [-0.39, 0.29) is 12.0 Å². The van der Waals surface area contributed by atoms with Crippen LogP contribution in [0.25, 0.3) is 11.3 Å². The number of hydrogen-bond donors (Lipinski definition) is 2. The number of benzene rings is 1. The monoisotopic (exact) mass is 341 g/mol. The summed E-state index contributed by atoms with van der Waals surface area (Å²) in [7, 11) is 0. The predicted octanol–water partition coefficient (Wildman–Crippen LogP) is 3.35. The van der Waals surface area contributed by atoms with E-state index < -0.39 is 0 Å². The Morgan fingerprint density at radius 1 is 1.14 bits per heavy atom. The molecule has 0 aliphatic carbocycles. The van der Waals surface area contributed by atoms with Crippen molar-refractivity contribution in [2.24, 2.45) is 5.41 Å². The zero-order valence-corrected chi connectivity index (χ0v) is 13.5. The van der Waals surface area contributed by atoms with Gasteiger partial charge in [-0.05, 0) is 30.3 Å². The smallest absolute Gasteiger partial charge is 0.134 e. The maximum absolute atomic E-state index is 9.37. The van der Waals surface area contributed by atoms with Crippen LogP contribution in [0.5, 0.6) is 0 Å². The summed E-state index contributed by atoms with van der Waals surface area (Å²) in [5.41, 5.74) is 0.749. The third kappa shape index (κ3) is 3.31. The van der Waals surface area contributed by atoms with Crippen LogP contribution < -0.4 is 5.32 Å². The lowest BCUT2D eigenvalue weighted by Crippen LogP contribution is -2.52. The topological polar surface area (TPSA) is 54.6 Å². The molecule has 1 aromatic carbocycles. The standard InChI is InChI=1S/C16H17Cl2NO3/c17-13-3-1-11(5-14(13)18)15-4-2-12(22-15)6-19-7-16(8-20)9-21-10-16/h1-5,19-20H,6-10H2. The van der Waals surface area contributed by atoms with Crippen LogP contribution in [0.2, 0.25) is 10.0 Å². The van der Waals surface area contributed by atoms with Gasteiger partial charge in [0.1, 0.15) is 11.5 Å². The molecule has 6 heteroatoms. The number of ether oxygens (including phenoxy) is 1. The van der Waals surface area contributed by atoms with Gasteiger partial charge in [0.15, 0.2) is 0 Å². The highest BCUT2D eigenvalue weighted by atomic mass is 35.5. The maximum atomic E-state index is 9.37. The number of hydrogen-bond acceptors (Lipinski definition) is 4. The first kappa shape index (κ1) is 15.8. The van der Waals surface area contributed by atoms with Crippen LogP contribution in [0.4, 0.5) is 0 Å². The molecule has 1 saturated heterocycles. The Morgan fingerprint density at radius 2 is 1.95 bits per heavy atom. The molecule has 0 radical (unpaired) electrons. The molecule has 2 aromatic rings. The Kier molecular flexibility index (Phi) is 4.76. The molecule has 0 spiro atoms. The van der Waals surface area contributed by atoms with Gasteiger partial charge >= 0.3 is 0 Å². The van der Waals surface area contributed by atoms with Gasteiger partial charge in [0, 0.05) is 12.1 Å². The van der Waals surface area contributed by atoms with Crippen molar-refractivity contribution in [2.75, 3.05) is 26.4 Å². The van der Waals surface area contributed by atoms with Crippen LogP contribution in [0.15, 0.2) is 34.7 Å². The molecule has 2 N–H and O–H groups in total. The van der Waals surface area contributed by atoms with E-state index in [0.29, 0.717) is 36.3 Å². The minimum absolute atomic E-state index is 0.132. The molecule has 1 fully saturated rings. The fourth-order valence-corrected chi connectivity index (χ4v) is 2.67. The van der Waals surface area contributed by atoms with Gasteiger partial charge in [-0.15, -0.1) is 0 Å². The third-order valence-corrected chi connectivity index (χ3v) is 4.56. The summed E-state index contributed by atoms with van der Waals surface area (Å²) in [6.07, 6.45) is 0. The Labute approximate surface area is 139 Å². The van der Waals surface area contributed by atoms with Crippen LogP contribution in [-0.4, -0.2) is 31.5 Å². The summed E-state index contributed by atoms with van der Waals surface area (Å²) in [5.74, 6) is 1.58. The average Bonchev–Trinajstić information content (AvgIpc) is 2.94. The lowest BCUT2D eigenvalue weighted by atomic mass is 9.87. The fraction of sp³-hybridized carbons (Fsp3) is 0.375. The summed E-state index contributed by atoms with van der Waals surface area (Å²) in [6.45, 7) is 2.63. The number of aliphatic hydroxyl groups excluding tert-OH is 1. The SMILES string of the molecule is OCC1(CNCc2ccc(-c3ccc(Cl)c(Cl)c3)o2)COC1. The van der Waals surface area contributed by atoms with E-state index in [4.69, 9.17) is 32.4 Å². The van der Waals surface area contributed by atoms with Crippen molar-refractivity contribution >= 4 is 23.2 Å². The fourth-order valence-electron chi connectivity index (χ4n) is 2.37. The molecule has 118 valence electrons. The summed E-state index contributed by atoms with van der Waals surface area (Å²) in [5, 5.41) is 13.7. The maximum Gasteiger partial charge on any atom is 0.134 e. The lowest BCUT2D eigenvalue weighted by molar-refractivity contribution is -0.134. The third-order valence-electron chi connectivity index (χ3n) is 3.82. The van der Waals surface area contributed by atoms with Gasteiger partial charge in [-0.3, -0.25) is 0 Å². The molecule has 4 nitrogen and oxygen atoms in total. The second-order valence-electron chi connectivity index (χ2n) is 5.65. The first-order valence-corrected chi connectivity index (χ1v) is 7.81. The summed E-state index contributed by atoms with van der Waals surface area (Å²) >= 11 is 11.9.